The van der Waals surface area contributed by atoms with E-state index in [9.17, 15) is 0 Å². The van der Waals surface area contributed by atoms with E-state index in [-0.39, 0.29) is 0 Å². The van der Waals surface area contributed by atoms with Gasteiger partial charge in [-0.1, -0.05) is 52.4 Å². The molecule has 0 radical (unpaired) electrons. The lowest BCUT2D eigenvalue weighted by molar-refractivity contribution is 0.284. The molecule has 1 fully saturated rings. The standard InChI is InChI=1S/C13H25Cl/c1-3-11(4-2)9-13(10-14)12-7-5-6-8-12/h11-13H,3-10H2,1-2H3. The zero-order chi connectivity index (χ0) is 10.4. The normalized spacial score (nSPS) is 20.6. The molecule has 1 aliphatic carbocycles. The first kappa shape index (κ1) is 12.4. The first-order valence-electron chi connectivity index (χ1n) is 6.37. The van der Waals surface area contributed by atoms with Gasteiger partial charge in [0.2, 0.25) is 0 Å². The molecule has 0 aromatic carbocycles. The molecule has 1 heteroatoms. The number of rotatable bonds is 6. The van der Waals surface area contributed by atoms with Crippen LogP contribution < -0.4 is 0 Å². The van der Waals surface area contributed by atoms with E-state index >= 15 is 0 Å². The largest absolute Gasteiger partial charge is 0.126 e. The van der Waals surface area contributed by atoms with Gasteiger partial charge in [-0.05, 0) is 24.2 Å². The predicted octanol–water partition coefficient (Wildman–Crippen LogP) is 4.86. The summed E-state index contributed by atoms with van der Waals surface area (Å²) in [6.07, 6.45) is 9.81. The molecule has 0 N–H and O–H groups in total. The summed E-state index contributed by atoms with van der Waals surface area (Å²) in [5.41, 5.74) is 0. The van der Waals surface area contributed by atoms with Gasteiger partial charge in [-0.25, -0.2) is 0 Å². The second-order valence-electron chi connectivity index (χ2n) is 4.88. The third-order valence-electron chi connectivity index (χ3n) is 4.06. The summed E-state index contributed by atoms with van der Waals surface area (Å²) < 4.78 is 0. The highest BCUT2D eigenvalue weighted by Crippen LogP contribution is 2.36. The molecule has 0 saturated heterocycles. The quantitative estimate of drug-likeness (QED) is 0.557. The third-order valence-corrected chi connectivity index (χ3v) is 4.45. The monoisotopic (exact) mass is 216 g/mol. The van der Waals surface area contributed by atoms with Crippen molar-refractivity contribution < 1.29 is 0 Å². The van der Waals surface area contributed by atoms with Crippen LogP contribution in [0.3, 0.4) is 0 Å². The predicted molar refractivity (Wildman–Crippen MR) is 64.9 cm³/mol. The molecule has 0 aliphatic heterocycles. The zero-order valence-corrected chi connectivity index (χ0v) is 10.5. The van der Waals surface area contributed by atoms with Gasteiger partial charge in [0, 0.05) is 5.88 Å². The fourth-order valence-electron chi connectivity index (χ4n) is 2.86. The van der Waals surface area contributed by atoms with Gasteiger partial charge in [0.05, 0.1) is 0 Å². The summed E-state index contributed by atoms with van der Waals surface area (Å²) in [5.74, 6) is 3.57. The van der Waals surface area contributed by atoms with Crippen LogP contribution in [-0.2, 0) is 0 Å². The van der Waals surface area contributed by atoms with Crippen LogP contribution in [0.25, 0.3) is 0 Å². The Hall–Kier alpha value is 0.290. The number of alkyl halides is 1. The van der Waals surface area contributed by atoms with Gasteiger partial charge >= 0.3 is 0 Å². The Bertz CT molecular complexity index is 134. The number of halogens is 1. The van der Waals surface area contributed by atoms with Crippen LogP contribution in [0.4, 0.5) is 0 Å². The molecule has 84 valence electrons. The van der Waals surface area contributed by atoms with Crippen molar-refractivity contribution in [2.75, 3.05) is 5.88 Å². The van der Waals surface area contributed by atoms with Crippen molar-refractivity contribution in [3.63, 3.8) is 0 Å². The van der Waals surface area contributed by atoms with E-state index in [1.165, 1.54) is 44.9 Å². The summed E-state index contributed by atoms with van der Waals surface area (Å²) in [7, 11) is 0. The van der Waals surface area contributed by atoms with Gasteiger partial charge in [-0.15, -0.1) is 11.6 Å². The SMILES string of the molecule is CCC(CC)CC(CCl)C1CCCC1. The highest BCUT2D eigenvalue weighted by Gasteiger charge is 2.25. The van der Waals surface area contributed by atoms with Gasteiger partial charge in [-0.3, -0.25) is 0 Å². The molecule has 1 saturated carbocycles. The molecule has 0 amide bonds. The zero-order valence-electron chi connectivity index (χ0n) is 9.77. The molecule has 0 nitrogen and oxygen atoms in total. The third kappa shape index (κ3) is 3.46. The van der Waals surface area contributed by atoms with Crippen molar-refractivity contribution in [1.29, 1.82) is 0 Å². The lowest BCUT2D eigenvalue weighted by Crippen LogP contribution is -2.17. The van der Waals surface area contributed by atoms with E-state index in [2.05, 4.69) is 13.8 Å². The van der Waals surface area contributed by atoms with Crippen molar-refractivity contribution >= 4 is 11.6 Å². The van der Waals surface area contributed by atoms with Crippen LogP contribution in [-0.4, -0.2) is 5.88 Å². The van der Waals surface area contributed by atoms with E-state index in [0.717, 1.165) is 23.6 Å². The average molecular weight is 217 g/mol. The smallest absolute Gasteiger partial charge is 0.0254 e. The second-order valence-corrected chi connectivity index (χ2v) is 5.19. The summed E-state index contributed by atoms with van der Waals surface area (Å²) in [6, 6.07) is 0. The Labute approximate surface area is 94.4 Å². The van der Waals surface area contributed by atoms with Crippen LogP contribution >= 0.6 is 11.6 Å². The van der Waals surface area contributed by atoms with Crippen LogP contribution in [0.1, 0.15) is 58.8 Å². The minimum Gasteiger partial charge on any atom is -0.126 e. The van der Waals surface area contributed by atoms with Gasteiger partial charge in [0.15, 0.2) is 0 Å². The van der Waals surface area contributed by atoms with Crippen LogP contribution in [0.2, 0.25) is 0 Å². The van der Waals surface area contributed by atoms with Crippen molar-refractivity contribution in [2.45, 2.75) is 58.8 Å². The van der Waals surface area contributed by atoms with Gasteiger partial charge in [-0.2, -0.15) is 0 Å². The Morgan fingerprint density at radius 1 is 1.14 bits per heavy atom. The van der Waals surface area contributed by atoms with Crippen LogP contribution in [0, 0.1) is 17.8 Å². The molecular formula is C13H25Cl. The molecule has 0 heterocycles. The van der Waals surface area contributed by atoms with Gasteiger partial charge < -0.3 is 0 Å². The van der Waals surface area contributed by atoms with Gasteiger partial charge in [0.1, 0.15) is 0 Å². The summed E-state index contributed by atoms with van der Waals surface area (Å²) in [5, 5.41) is 0. The molecule has 14 heavy (non-hydrogen) atoms. The van der Waals surface area contributed by atoms with Crippen molar-refractivity contribution in [1.82, 2.24) is 0 Å². The topological polar surface area (TPSA) is 0 Å². The summed E-state index contributed by atoms with van der Waals surface area (Å²) in [6.45, 7) is 4.63. The average Bonchev–Trinajstić information content (AvgIpc) is 2.73. The molecule has 0 aromatic heterocycles. The summed E-state index contributed by atoms with van der Waals surface area (Å²) >= 11 is 6.11. The van der Waals surface area contributed by atoms with Gasteiger partial charge in [0.25, 0.3) is 0 Å². The number of hydrogen-bond donors (Lipinski definition) is 0. The highest BCUT2D eigenvalue weighted by molar-refractivity contribution is 6.18. The molecular weight excluding hydrogens is 192 g/mol. The molecule has 0 aromatic rings. The minimum absolute atomic E-state index is 0.809. The number of hydrogen-bond acceptors (Lipinski definition) is 0. The maximum atomic E-state index is 6.11. The molecule has 1 atom stereocenters. The first-order valence-corrected chi connectivity index (χ1v) is 6.91. The maximum Gasteiger partial charge on any atom is 0.0254 e. The van der Waals surface area contributed by atoms with E-state index in [0.29, 0.717) is 0 Å². The molecule has 1 aliphatic rings. The Balaban J connectivity index is 2.36. The fourth-order valence-corrected chi connectivity index (χ4v) is 3.24. The Kier molecular flexibility index (Phi) is 5.93. The molecule has 1 unspecified atom stereocenters. The lowest BCUT2D eigenvalue weighted by atomic mass is 9.83. The van der Waals surface area contributed by atoms with E-state index in [1.807, 2.05) is 0 Å². The highest BCUT2D eigenvalue weighted by atomic mass is 35.5. The Morgan fingerprint density at radius 3 is 2.14 bits per heavy atom. The second kappa shape index (κ2) is 6.71. The summed E-state index contributed by atoms with van der Waals surface area (Å²) in [4.78, 5) is 0. The van der Waals surface area contributed by atoms with E-state index < -0.39 is 0 Å². The van der Waals surface area contributed by atoms with Crippen molar-refractivity contribution in [3.05, 3.63) is 0 Å². The lowest BCUT2D eigenvalue weighted by Gasteiger charge is -2.25. The van der Waals surface area contributed by atoms with Crippen LogP contribution in [0.15, 0.2) is 0 Å². The molecule has 0 spiro atoms. The van der Waals surface area contributed by atoms with E-state index in [4.69, 9.17) is 11.6 Å². The van der Waals surface area contributed by atoms with E-state index in [1.54, 1.807) is 0 Å². The minimum atomic E-state index is 0.809. The Morgan fingerprint density at radius 2 is 1.71 bits per heavy atom. The van der Waals surface area contributed by atoms with Crippen molar-refractivity contribution in [2.24, 2.45) is 17.8 Å². The maximum absolute atomic E-state index is 6.11. The molecule has 0 bridgehead atoms. The van der Waals surface area contributed by atoms with Crippen LogP contribution in [0.5, 0.6) is 0 Å². The van der Waals surface area contributed by atoms with Crippen molar-refractivity contribution in [3.8, 4) is 0 Å². The first-order chi connectivity index (χ1) is 6.81. The fraction of sp³-hybridized carbons (Fsp3) is 1.00. The molecule has 1 rings (SSSR count).